The van der Waals surface area contributed by atoms with Gasteiger partial charge >= 0.3 is 0 Å². The number of aryl methyl sites for hydroxylation is 2. The van der Waals surface area contributed by atoms with Crippen LogP contribution >= 0.6 is 11.6 Å². The van der Waals surface area contributed by atoms with E-state index >= 15 is 0 Å². The molecule has 0 N–H and O–H groups in total. The lowest BCUT2D eigenvalue weighted by atomic mass is 9.95. The molecule has 0 fully saturated rings. The number of halogens is 1. The second-order valence-corrected chi connectivity index (χ2v) is 7.76. The van der Waals surface area contributed by atoms with Gasteiger partial charge in [0.05, 0.1) is 23.4 Å². The largest absolute Gasteiger partial charge is 0.421 e. The lowest BCUT2D eigenvalue weighted by Gasteiger charge is -2.21. The summed E-state index contributed by atoms with van der Waals surface area (Å²) in [5.74, 6) is 0.764. The molecular weight excluding hydrogens is 414 g/mol. The first-order valence-corrected chi connectivity index (χ1v) is 10.1. The molecule has 8 heteroatoms. The zero-order chi connectivity index (χ0) is 21.5. The van der Waals surface area contributed by atoms with Crippen molar-refractivity contribution in [2.45, 2.75) is 13.0 Å². The van der Waals surface area contributed by atoms with Gasteiger partial charge in [-0.05, 0) is 35.4 Å². The predicted molar refractivity (Wildman–Crippen MR) is 118 cm³/mol. The van der Waals surface area contributed by atoms with E-state index in [0.29, 0.717) is 22.4 Å². The second-order valence-electron chi connectivity index (χ2n) is 7.32. The molecule has 0 radical (unpaired) electrons. The fraction of sp³-hybridized carbons (Fsp3) is 0.130. The van der Waals surface area contributed by atoms with Crippen LogP contribution in [0.5, 0.6) is 0 Å². The Balaban J connectivity index is 1.76. The average molecular weight is 432 g/mol. The number of benzene rings is 2. The molecule has 1 atom stereocenters. The maximum Gasteiger partial charge on any atom is 0.251 e. The first-order chi connectivity index (χ1) is 15.0. The molecule has 0 saturated heterocycles. The van der Waals surface area contributed by atoms with Crippen molar-refractivity contribution in [2.75, 3.05) is 0 Å². The maximum atomic E-state index is 12.5. The molecule has 0 saturated carbocycles. The van der Waals surface area contributed by atoms with E-state index in [1.807, 2.05) is 47.2 Å². The summed E-state index contributed by atoms with van der Waals surface area (Å²) in [7, 11) is 1.75. The van der Waals surface area contributed by atoms with E-state index in [9.17, 15) is 4.79 Å². The lowest BCUT2D eigenvalue weighted by molar-refractivity contribution is 0.533. The minimum absolute atomic E-state index is 0.126. The Labute approximate surface area is 182 Å². The Morgan fingerprint density at radius 1 is 1.03 bits per heavy atom. The van der Waals surface area contributed by atoms with E-state index < -0.39 is 0 Å². The fourth-order valence-corrected chi connectivity index (χ4v) is 3.96. The summed E-state index contributed by atoms with van der Waals surface area (Å²) in [4.78, 5) is 16.8. The van der Waals surface area contributed by atoms with Crippen molar-refractivity contribution in [3.8, 4) is 11.5 Å². The molecule has 31 heavy (non-hydrogen) atoms. The highest BCUT2D eigenvalue weighted by Gasteiger charge is 2.20. The number of pyridine rings is 1. The van der Waals surface area contributed by atoms with Gasteiger partial charge in [0.15, 0.2) is 0 Å². The Morgan fingerprint density at radius 2 is 1.81 bits per heavy atom. The lowest BCUT2D eigenvalue weighted by Crippen LogP contribution is -2.17. The molecule has 0 bridgehead atoms. The van der Waals surface area contributed by atoms with Gasteiger partial charge < -0.3 is 13.6 Å². The zero-order valence-electron chi connectivity index (χ0n) is 16.9. The molecule has 5 rings (SSSR count). The molecule has 5 aromatic rings. The fourth-order valence-electron chi connectivity index (χ4n) is 3.84. The first kappa shape index (κ1) is 19.3. The second kappa shape index (κ2) is 7.52. The molecule has 2 aromatic carbocycles. The summed E-state index contributed by atoms with van der Waals surface area (Å²) in [6.07, 6.45) is 5.46. The maximum absolute atomic E-state index is 12.5. The van der Waals surface area contributed by atoms with Gasteiger partial charge in [-0.3, -0.25) is 4.79 Å². The molecule has 0 aliphatic rings. The highest BCUT2D eigenvalue weighted by molar-refractivity contribution is 6.30. The zero-order valence-corrected chi connectivity index (χ0v) is 17.6. The Hall–Kier alpha value is -3.71. The summed E-state index contributed by atoms with van der Waals surface area (Å²) >= 11 is 6.11. The van der Waals surface area contributed by atoms with Gasteiger partial charge in [0, 0.05) is 42.8 Å². The standard InChI is InChI=1S/C23H18ClN5O2/c1-14-26-27-23(31-14)19-12-21(30)28(2)20-8-5-16(11-18(19)20)22(29-10-9-25-13-29)15-3-6-17(24)7-4-15/h3-13,22H,1-2H3. The van der Waals surface area contributed by atoms with Crippen LogP contribution in [0.2, 0.25) is 5.02 Å². The normalized spacial score (nSPS) is 12.4. The van der Waals surface area contributed by atoms with Crippen LogP contribution in [0, 0.1) is 6.92 Å². The molecule has 1 unspecified atom stereocenters. The SMILES string of the molecule is Cc1nnc(-c2cc(=O)n(C)c3ccc(C(c4ccc(Cl)cc4)n4ccnc4)cc23)o1. The smallest absolute Gasteiger partial charge is 0.251 e. The summed E-state index contributed by atoms with van der Waals surface area (Å²) in [6, 6.07) is 15.2. The molecular formula is C23H18ClN5O2. The average Bonchev–Trinajstić information content (AvgIpc) is 3.44. The summed E-state index contributed by atoms with van der Waals surface area (Å²) in [5, 5.41) is 9.59. The van der Waals surface area contributed by atoms with Crippen LogP contribution in [-0.4, -0.2) is 24.3 Å². The number of nitrogens with zero attached hydrogens (tertiary/aromatic N) is 5. The number of fused-ring (bicyclic) bond motifs is 1. The molecule has 0 aliphatic heterocycles. The van der Waals surface area contributed by atoms with E-state index in [2.05, 4.69) is 21.2 Å². The number of imidazole rings is 1. The van der Waals surface area contributed by atoms with Crippen LogP contribution in [0.3, 0.4) is 0 Å². The monoisotopic (exact) mass is 431 g/mol. The minimum atomic E-state index is -0.144. The highest BCUT2D eigenvalue weighted by atomic mass is 35.5. The molecule has 0 aliphatic carbocycles. The van der Waals surface area contributed by atoms with E-state index in [4.69, 9.17) is 16.0 Å². The van der Waals surface area contributed by atoms with Crippen LogP contribution in [0.1, 0.15) is 23.1 Å². The van der Waals surface area contributed by atoms with Crippen molar-refractivity contribution in [2.24, 2.45) is 7.05 Å². The van der Waals surface area contributed by atoms with Crippen LogP contribution in [-0.2, 0) is 7.05 Å². The van der Waals surface area contributed by atoms with Crippen molar-refractivity contribution in [3.63, 3.8) is 0 Å². The van der Waals surface area contributed by atoms with Crippen molar-refractivity contribution in [3.05, 3.63) is 99.6 Å². The number of hydrogen-bond acceptors (Lipinski definition) is 5. The Bertz CT molecular complexity index is 1440. The number of hydrogen-bond donors (Lipinski definition) is 0. The molecule has 0 spiro atoms. The number of rotatable bonds is 4. The number of aromatic nitrogens is 5. The summed E-state index contributed by atoms with van der Waals surface area (Å²) in [6.45, 7) is 1.72. The van der Waals surface area contributed by atoms with E-state index in [1.165, 1.54) is 6.07 Å². The van der Waals surface area contributed by atoms with Gasteiger partial charge in [0.2, 0.25) is 11.8 Å². The summed E-state index contributed by atoms with van der Waals surface area (Å²) < 4.78 is 9.28. The Morgan fingerprint density at radius 3 is 2.48 bits per heavy atom. The van der Waals surface area contributed by atoms with Gasteiger partial charge in [-0.15, -0.1) is 10.2 Å². The van der Waals surface area contributed by atoms with Crippen LogP contribution in [0.15, 0.2) is 76.5 Å². The Kier molecular flexibility index (Phi) is 4.67. The third kappa shape index (κ3) is 3.43. The predicted octanol–water partition coefficient (Wildman–Crippen LogP) is 4.38. The van der Waals surface area contributed by atoms with Gasteiger partial charge in [-0.2, -0.15) is 0 Å². The van der Waals surface area contributed by atoms with Crippen LogP contribution in [0.4, 0.5) is 0 Å². The van der Waals surface area contributed by atoms with E-state index in [-0.39, 0.29) is 11.6 Å². The first-order valence-electron chi connectivity index (χ1n) is 9.68. The highest BCUT2D eigenvalue weighted by Crippen LogP contribution is 2.33. The van der Waals surface area contributed by atoms with Gasteiger partial charge in [0.1, 0.15) is 0 Å². The molecule has 154 valence electrons. The van der Waals surface area contributed by atoms with E-state index in [0.717, 1.165) is 22.0 Å². The van der Waals surface area contributed by atoms with Crippen molar-refractivity contribution in [1.82, 2.24) is 24.3 Å². The summed E-state index contributed by atoms with van der Waals surface area (Å²) in [5.41, 5.74) is 3.32. The molecule has 3 heterocycles. The molecule has 7 nitrogen and oxygen atoms in total. The van der Waals surface area contributed by atoms with Crippen LogP contribution in [0.25, 0.3) is 22.4 Å². The third-order valence-corrected chi connectivity index (χ3v) is 5.60. The van der Waals surface area contributed by atoms with Crippen LogP contribution < -0.4 is 5.56 Å². The van der Waals surface area contributed by atoms with Crippen molar-refractivity contribution < 1.29 is 4.42 Å². The van der Waals surface area contributed by atoms with E-state index in [1.54, 1.807) is 31.1 Å². The minimum Gasteiger partial charge on any atom is -0.421 e. The van der Waals surface area contributed by atoms with Gasteiger partial charge in [0.25, 0.3) is 5.56 Å². The third-order valence-electron chi connectivity index (χ3n) is 5.35. The van der Waals surface area contributed by atoms with Gasteiger partial charge in [-0.1, -0.05) is 29.8 Å². The topological polar surface area (TPSA) is 78.7 Å². The van der Waals surface area contributed by atoms with Gasteiger partial charge in [-0.25, -0.2) is 4.98 Å². The van der Waals surface area contributed by atoms with Crippen molar-refractivity contribution >= 4 is 22.5 Å². The molecule has 3 aromatic heterocycles. The quantitative estimate of drug-likeness (QED) is 0.422. The molecule has 0 amide bonds. The van der Waals surface area contributed by atoms with Crippen molar-refractivity contribution in [1.29, 1.82) is 0 Å².